The Morgan fingerprint density at radius 3 is 2.52 bits per heavy atom. The molecule has 1 N–H and O–H groups in total. The van der Waals surface area contributed by atoms with E-state index < -0.39 is 0 Å². The summed E-state index contributed by atoms with van der Waals surface area (Å²) in [6.45, 7) is 1.15. The summed E-state index contributed by atoms with van der Waals surface area (Å²) < 4.78 is 6.89. The van der Waals surface area contributed by atoms with E-state index in [9.17, 15) is 0 Å². The summed E-state index contributed by atoms with van der Waals surface area (Å²) in [6.07, 6.45) is 0. The maximum atomic E-state index is 6.14. The number of rotatable bonds is 5. The second-order valence-corrected chi connectivity index (χ2v) is 6.07. The van der Waals surface area contributed by atoms with Gasteiger partial charge >= 0.3 is 0 Å². The smallest absolute Gasteiger partial charge is 0.124 e. The molecule has 0 unspecified atom stereocenters. The van der Waals surface area contributed by atoms with Gasteiger partial charge in [0.2, 0.25) is 0 Å². The number of hydrogen-bond donors (Lipinski definition) is 1. The van der Waals surface area contributed by atoms with Gasteiger partial charge in [-0.2, -0.15) is 0 Å². The third-order valence-corrected chi connectivity index (χ3v) is 3.87. The van der Waals surface area contributed by atoms with Crippen LogP contribution in [-0.4, -0.2) is 7.05 Å². The van der Waals surface area contributed by atoms with Crippen molar-refractivity contribution in [1.29, 1.82) is 0 Å². The van der Waals surface area contributed by atoms with E-state index in [-0.39, 0.29) is 12.4 Å². The number of ether oxygens (including phenoxy) is 1. The zero-order valence-electron chi connectivity index (χ0n) is 11.3. The van der Waals surface area contributed by atoms with Crippen molar-refractivity contribution >= 4 is 51.5 Å². The van der Waals surface area contributed by atoms with Crippen LogP contribution in [0, 0.1) is 0 Å². The summed E-state index contributed by atoms with van der Waals surface area (Å²) in [7, 11) is 1.90. The van der Waals surface area contributed by atoms with Crippen LogP contribution >= 0.6 is 51.5 Å². The average molecular weight is 412 g/mol. The monoisotopic (exact) mass is 409 g/mol. The maximum absolute atomic E-state index is 6.14. The standard InChI is InChI=1S/C15H14BrCl2NO.ClH/c1-19-8-11-6-12(16)3-5-15(11)20-9-10-2-4-13(17)7-14(10)18;/h2-7,19H,8-9H2,1H3;1H. The first-order chi connectivity index (χ1) is 9.60. The van der Waals surface area contributed by atoms with Gasteiger partial charge in [0.15, 0.2) is 0 Å². The van der Waals surface area contributed by atoms with E-state index in [0.717, 1.165) is 27.9 Å². The average Bonchev–Trinajstić information content (AvgIpc) is 2.40. The minimum Gasteiger partial charge on any atom is -0.489 e. The lowest BCUT2D eigenvalue weighted by Gasteiger charge is -2.13. The van der Waals surface area contributed by atoms with Gasteiger partial charge in [0, 0.05) is 32.2 Å². The minimum absolute atomic E-state index is 0. The molecule has 0 spiro atoms. The highest BCUT2D eigenvalue weighted by Crippen LogP contribution is 2.26. The first kappa shape index (κ1) is 18.6. The predicted octanol–water partition coefficient (Wildman–Crippen LogP) is 5.48. The molecule has 0 aromatic heterocycles. The maximum Gasteiger partial charge on any atom is 0.124 e. The zero-order valence-corrected chi connectivity index (χ0v) is 15.2. The molecule has 0 radical (unpaired) electrons. The summed E-state index contributed by atoms with van der Waals surface area (Å²) in [5, 5.41) is 4.36. The van der Waals surface area contributed by atoms with Crippen LogP contribution < -0.4 is 10.1 Å². The van der Waals surface area contributed by atoms with Crippen LogP contribution in [0.3, 0.4) is 0 Å². The third kappa shape index (κ3) is 5.35. The van der Waals surface area contributed by atoms with Gasteiger partial charge in [0.05, 0.1) is 0 Å². The molecule has 0 bridgehead atoms. The van der Waals surface area contributed by atoms with E-state index in [1.54, 1.807) is 6.07 Å². The quantitative estimate of drug-likeness (QED) is 0.704. The van der Waals surface area contributed by atoms with Gasteiger partial charge in [-0.25, -0.2) is 0 Å². The Morgan fingerprint density at radius 2 is 1.86 bits per heavy atom. The number of benzene rings is 2. The van der Waals surface area contributed by atoms with Gasteiger partial charge < -0.3 is 10.1 Å². The topological polar surface area (TPSA) is 21.3 Å². The molecule has 6 heteroatoms. The van der Waals surface area contributed by atoms with Crippen molar-refractivity contribution < 1.29 is 4.74 Å². The van der Waals surface area contributed by atoms with Crippen molar-refractivity contribution in [2.75, 3.05) is 7.05 Å². The Morgan fingerprint density at radius 1 is 1.10 bits per heavy atom. The molecule has 114 valence electrons. The molecular formula is C15H15BrCl3NO. The molecular weight excluding hydrogens is 396 g/mol. The second-order valence-electron chi connectivity index (χ2n) is 4.31. The van der Waals surface area contributed by atoms with Gasteiger partial charge in [0.1, 0.15) is 12.4 Å². The van der Waals surface area contributed by atoms with Crippen LogP contribution in [0.1, 0.15) is 11.1 Å². The van der Waals surface area contributed by atoms with Crippen LogP contribution in [0.15, 0.2) is 40.9 Å². The van der Waals surface area contributed by atoms with Gasteiger partial charge in [-0.05, 0) is 37.4 Å². The van der Waals surface area contributed by atoms with E-state index in [0.29, 0.717) is 16.7 Å². The highest BCUT2D eigenvalue weighted by molar-refractivity contribution is 9.10. The Bertz CT molecular complexity index is 607. The molecule has 2 nitrogen and oxygen atoms in total. The summed E-state index contributed by atoms with van der Waals surface area (Å²) in [6, 6.07) is 11.3. The summed E-state index contributed by atoms with van der Waals surface area (Å²) in [4.78, 5) is 0. The fourth-order valence-corrected chi connectivity index (χ4v) is 2.68. The summed E-state index contributed by atoms with van der Waals surface area (Å²) in [5.74, 6) is 0.841. The lowest BCUT2D eigenvalue weighted by Crippen LogP contribution is -2.07. The Hall–Kier alpha value is -0.450. The van der Waals surface area contributed by atoms with Gasteiger partial charge in [0.25, 0.3) is 0 Å². The fourth-order valence-electron chi connectivity index (χ4n) is 1.81. The minimum atomic E-state index is 0. The molecule has 2 aromatic carbocycles. The molecule has 0 saturated heterocycles. The van der Waals surface area contributed by atoms with Crippen LogP contribution in [-0.2, 0) is 13.2 Å². The van der Waals surface area contributed by atoms with E-state index >= 15 is 0 Å². The normalized spacial score (nSPS) is 10.1. The molecule has 0 fully saturated rings. The number of nitrogens with one attached hydrogen (secondary N) is 1. The highest BCUT2D eigenvalue weighted by Gasteiger charge is 2.06. The van der Waals surface area contributed by atoms with Crippen molar-refractivity contribution in [3.8, 4) is 5.75 Å². The molecule has 2 rings (SSSR count). The Labute approximate surface area is 149 Å². The van der Waals surface area contributed by atoms with Gasteiger partial charge in [-0.3, -0.25) is 0 Å². The van der Waals surface area contributed by atoms with Crippen molar-refractivity contribution in [1.82, 2.24) is 5.32 Å². The molecule has 2 aromatic rings. The van der Waals surface area contributed by atoms with Gasteiger partial charge in [-0.1, -0.05) is 45.2 Å². The summed E-state index contributed by atoms with van der Waals surface area (Å²) >= 11 is 15.5. The van der Waals surface area contributed by atoms with Gasteiger partial charge in [-0.15, -0.1) is 12.4 Å². The third-order valence-electron chi connectivity index (χ3n) is 2.79. The molecule has 0 aliphatic carbocycles. The van der Waals surface area contributed by atoms with E-state index in [4.69, 9.17) is 27.9 Å². The fraction of sp³-hybridized carbons (Fsp3) is 0.200. The predicted molar refractivity (Wildman–Crippen MR) is 94.9 cm³/mol. The Balaban J connectivity index is 0.00000220. The zero-order chi connectivity index (χ0) is 14.5. The highest BCUT2D eigenvalue weighted by atomic mass is 79.9. The lowest BCUT2D eigenvalue weighted by molar-refractivity contribution is 0.302. The van der Waals surface area contributed by atoms with E-state index in [1.807, 2.05) is 37.4 Å². The van der Waals surface area contributed by atoms with Crippen LogP contribution in [0.2, 0.25) is 10.0 Å². The molecule has 0 aliphatic rings. The van der Waals surface area contributed by atoms with Crippen molar-refractivity contribution in [3.63, 3.8) is 0 Å². The first-order valence-corrected chi connectivity index (χ1v) is 7.65. The van der Waals surface area contributed by atoms with Crippen molar-refractivity contribution in [3.05, 3.63) is 62.0 Å². The molecule has 21 heavy (non-hydrogen) atoms. The van der Waals surface area contributed by atoms with Crippen LogP contribution in [0.25, 0.3) is 0 Å². The summed E-state index contributed by atoms with van der Waals surface area (Å²) in [5.41, 5.74) is 2.00. The van der Waals surface area contributed by atoms with Crippen molar-refractivity contribution in [2.45, 2.75) is 13.2 Å². The molecule has 0 saturated carbocycles. The molecule has 0 amide bonds. The number of hydrogen-bond acceptors (Lipinski definition) is 2. The van der Waals surface area contributed by atoms with Crippen molar-refractivity contribution in [2.24, 2.45) is 0 Å². The van der Waals surface area contributed by atoms with E-state index in [1.165, 1.54) is 0 Å². The number of halogens is 4. The second kappa shape index (κ2) is 8.86. The largest absolute Gasteiger partial charge is 0.489 e. The molecule has 0 atom stereocenters. The SMILES string of the molecule is CNCc1cc(Br)ccc1OCc1ccc(Cl)cc1Cl.Cl. The molecule has 0 heterocycles. The first-order valence-electron chi connectivity index (χ1n) is 6.10. The lowest BCUT2D eigenvalue weighted by atomic mass is 10.2. The molecule has 0 aliphatic heterocycles. The van der Waals surface area contributed by atoms with Crippen LogP contribution in [0.5, 0.6) is 5.75 Å². The Kier molecular flexibility index (Phi) is 7.85. The van der Waals surface area contributed by atoms with E-state index in [2.05, 4.69) is 21.2 Å². The van der Waals surface area contributed by atoms with Crippen LogP contribution in [0.4, 0.5) is 0 Å².